The summed E-state index contributed by atoms with van der Waals surface area (Å²) in [5.74, 6) is -2.57. The van der Waals surface area contributed by atoms with Gasteiger partial charge in [-0.25, -0.2) is 4.79 Å². The minimum atomic E-state index is -4.94. The monoisotopic (exact) mass is 307 g/mol. The molecule has 0 fully saturated rings. The smallest absolute Gasteiger partial charge is 0.416 e. The lowest BCUT2D eigenvalue weighted by molar-refractivity contribution is -0.140. The molecule has 0 aliphatic heterocycles. The first-order chi connectivity index (χ1) is 9.54. The topological polar surface area (TPSA) is 121 Å². The summed E-state index contributed by atoms with van der Waals surface area (Å²) in [6, 6.07) is 1.94. The van der Waals surface area contributed by atoms with Gasteiger partial charge < -0.3 is 21.1 Å². The first-order valence-corrected chi connectivity index (χ1v) is 5.63. The summed E-state index contributed by atoms with van der Waals surface area (Å²) >= 11 is 0. The highest BCUT2D eigenvalue weighted by molar-refractivity contribution is 5.88. The van der Waals surface area contributed by atoms with Crippen molar-refractivity contribution in [1.82, 2.24) is 0 Å². The third kappa shape index (κ3) is 4.17. The molecular formula is C12H12F3NO5. The van der Waals surface area contributed by atoms with Gasteiger partial charge in [0, 0.05) is 0 Å². The number of benzene rings is 1. The second-order valence-electron chi connectivity index (χ2n) is 4.29. The SMILES string of the molecule is NC(=O)CC(O)C(O)c1ccc(C(=O)O)cc1C(F)(F)F. The fraction of sp³-hybridized carbons (Fsp3) is 0.333. The summed E-state index contributed by atoms with van der Waals surface area (Å²) in [4.78, 5) is 21.3. The summed E-state index contributed by atoms with van der Waals surface area (Å²) in [7, 11) is 0. The minimum Gasteiger partial charge on any atom is -0.478 e. The molecule has 2 atom stereocenters. The van der Waals surface area contributed by atoms with Crippen LogP contribution in [0.1, 0.15) is 34.0 Å². The van der Waals surface area contributed by atoms with Crippen LogP contribution in [0.5, 0.6) is 0 Å². The molecule has 1 aromatic carbocycles. The number of halogens is 3. The van der Waals surface area contributed by atoms with Crippen molar-refractivity contribution in [2.45, 2.75) is 24.8 Å². The largest absolute Gasteiger partial charge is 0.478 e. The number of carboxylic acids is 1. The highest BCUT2D eigenvalue weighted by Gasteiger charge is 2.37. The van der Waals surface area contributed by atoms with Crippen molar-refractivity contribution in [3.8, 4) is 0 Å². The molecule has 0 radical (unpaired) electrons. The van der Waals surface area contributed by atoms with E-state index in [0.29, 0.717) is 6.07 Å². The number of aromatic carboxylic acids is 1. The molecule has 0 aliphatic rings. The number of aliphatic hydroxyl groups is 2. The number of alkyl halides is 3. The molecule has 0 heterocycles. The minimum absolute atomic E-state index is 0.345. The van der Waals surface area contributed by atoms with Crippen LogP contribution in [-0.2, 0) is 11.0 Å². The Kier molecular flexibility index (Phi) is 4.92. The molecule has 1 rings (SSSR count). The van der Waals surface area contributed by atoms with Gasteiger partial charge in [0.2, 0.25) is 5.91 Å². The molecule has 9 heteroatoms. The highest BCUT2D eigenvalue weighted by atomic mass is 19.4. The van der Waals surface area contributed by atoms with E-state index in [2.05, 4.69) is 0 Å². The predicted octanol–water partition coefficient (Wildman–Crippen LogP) is 0.673. The fourth-order valence-electron chi connectivity index (χ4n) is 1.72. The van der Waals surface area contributed by atoms with Gasteiger partial charge in [0.1, 0.15) is 6.10 Å². The van der Waals surface area contributed by atoms with Crippen LogP contribution in [0.15, 0.2) is 18.2 Å². The summed E-state index contributed by atoms with van der Waals surface area (Å²) < 4.78 is 38.7. The second-order valence-corrected chi connectivity index (χ2v) is 4.29. The van der Waals surface area contributed by atoms with E-state index >= 15 is 0 Å². The molecule has 1 amide bonds. The third-order valence-corrected chi connectivity index (χ3v) is 2.70. The average Bonchev–Trinajstić information content (AvgIpc) is 2.35. The van der Waals surface area contributed by atoms with Crippen LogP contribution < -0.4 is 5.73 Å². The van der Waals surface area contributed by atoms with E-state index in [-0.39, 0.29) is 0 Å². The van der Waals surface area contributed by atoms with Gasteiger partial charge in [-0.2, -0.15) is 13.2 Å². The zero-order chi connectivity index (χ0) is 16.4. The summed E-state index contributed by atoms with van der Waals surface area (Å²) in [6.07, 6.45) is -9.54. The maximum absolute atomic E-state index is 12.9. The van der Waals surface area contributed by atoms with E-state index in [0.717, 1.165) is 12.1 Å². The normalized spacial score (nSPS) is 14.5. The van der Waals surface area contributed by atoms with Gasteiger partial charge in [0.05, 0.1) is 23.7 Å². The molecule has 21 heavy (non-hydrogen) atoms. The molecule has 2 unspecified atom stereocenters. The molecule has 0 saturated heterocycles. The quantitative estimate of drug-likeness (QED) is 0.637. The van der Waals surface area contributed by atoms with E-state index in [4.69, 9.17) is 10.8 Å². The van der Waals surface area contributed by atoms with E-state index < -0.39 is 53.4 Å². The van der Waals surface area contributed by atoms with Crippen molar-refractivity contribution in [1.29, 1.82) is 0 Å². The molecule has 5 N–H and O–H groups in total. The second kappa shape index (κ2) is 6.10. The zero-order valence-electron chi connectivity index (χ0n) is 10.5. The van der Waals surface area contributed by atoms with Gasteiger partial charge in [0.15, 0.2) is 0 Å². The lowest BCUT2D eigenvalue weighted by Gasteiger charge is -2.21. The Morgan fingerprint density at radius 1 is 1.24 bits per heavy atom. The Bertz CT molecular complexity index is 558. The number of aliphatic hydroxyl groups excluding tert-OH is 2. The Hall–Kier alpha value is -2.13. The van der Waals surface area contributed by atoms with Gasteiger partial charge >= 0.3 is 12.1 Å². The molecular weight excluding hydrogens is 295 g/mol. The van der Waals surface area contributed by atoms with Crippen LogP contribution in [0.4, 0.5) is 13.2 Å². The van der Waals surface area contributed by atoms with Gasteiger partial charge in [0.25, 0.3) is 0 Å². The lowest BCUT2D eigenvalue weighted by Crippen LogP contribution is -2.27. The van der Waals surface area contributed by atoms with Gasteiger partial charge in [-0.3, -0.25) is 4.79 Å². The van der Waals surface area contributed by atoms with Gasteiger partial charge in [-0.1, -0.05) is 6.07 Å². The average molecular weight is 307 g/mol. The van der Waals surface area contributed by atoms with Gasteiger partial charge in [-0.05, 0) is 17.7 Å². The van der Waals surface area contributed by atoms with Crippen LogP contribution in [0, 0.1) is 0 Å². The van der Waals surface area contributed by atoms with Crippen LogP contribution in [0.3, 0.4) is 0 Å². The van der Waals surface area contributed by atoms with Crippen LogP contribution in [0.2, 0.25) is 0 Å². The maximum Gasteiger partial charge on any atom is 0.416 e. The van der Waals surface area contributed by atoms with E-state index in [1.807, 2.05) is 0 Å². The number of nitrogens with two attached hydrogens (primary N) is 1. The lowest BCUT2D eigenvalue weighted by atomic mass is 9.95. The zero-order valence-corrected chi connectivity index (χ0v) is 10.5. The van der Waals surface area contributed by atoms with Crippen LogP contribution >= 0.6 is 0 Å². The van der Waals surface area contributed by atoms with Crippen molar-refractivity contribution in [2.24, 2.45) is 5.73 Å². The van der Waals surface area contributed by atoms with Crippen molar-refractivity contribution >= 4 is 11.9 Å². The van der Waals surface area contributed by atoms with Crippen molar-refractivity contribution < 1.29 is 38.1 Å². The third-order valence-electron chi connectivity index (χ3n) is 2.70. The number of carboxylic acid groups (broad SMARTS) is 1. The number of hydrogen-bond donors (Lipinski definition) is 4. The first-order valence-electron chi connectivity index (χ1n) is 5.63. The summed E-state index contributed by atoms with van der Waals surface area (Å²) in [5, 5.41) is 27.9. The Morgan fingerprint density at radius 3 is 2.24 bits per heavy atom. The molecule has 0 aromatic heterocycles. The number of primary amides is 1. The highest BCUT2D eigenvalue weighted by Crippen LogP contribution is 2.36. The van der Waals surface area contributed by atoms with Crippen molar-refractivity contribution in [3.63, 3.8) is 0 Å². The standard InChI is InChI=1S/C12H12F3NO5/c13-12(14,15)7-3-5(11(20)21)1-2-6(7)10(19)8(17)4-9(16)18/h1-3,8,10,17,19H,4H2,(H2,16,18)(H,20,21). The van der Waals surface area contributed by atoms with E-state index in [1.54, 1.807) is 0 Å². The molecule has 0 aliphatic carbocycles. The molecule has 0 spiro atoms. The molecule has 0 bridgehead atoms. The summed E-state index contributed by atoms with van der Waals surface area (Å²) in [6.45, 7) is 0. The number of hydrogen-bond acceptors (Lipinski definition) is 4. The van der Waals surface area contributed by atoms with Crippen molar-refractivity contribution in [2.75, 3.05) is 0 Å². The van der Waals surface area contributed by atoms with Gasteiger partial charge in [-0.15, -0.1) is 0 Å². The number of rotatable bonds is 5. The first kappa shape index (κ1) is 16.9. The molecule has 116 valence electrons. The molecule has 0 saturated carbocycles. The number of amides is 1. The van der Waals surface area contributed by atoms with Crippen LogP contribution in [0.25, 0.3) is 0 Å². The van der Waals surface area contributed by atoms with Crippen molar-refractivity contribution in [3.05, 3.63) is 34.9 Å². The predicted molar refractivity (Wildman–Crippen MR) is 63.2 cm³/mol. The Balaban J connectivity index is 3.28. The Morgan fingerprint density at radius 2 is 1.81 bits per heavy atom. The maximum atomic E-state index is 12.9. The Labute approximate surface area is 116 Å². The number of carbonyl (C=O) groups excluding carboxylic acids is 1. The number of carbonyl (C=O) groups is 2. The van der Waals surface area contributed by atoms with Crippen LogP contribution in [-0.4, -0.2) is 33.3 Å². The van der Waals surface area contributed by atoms with E-state index in [9.17, 15) is 33.0 Å². The molecule has 1 aromatic rings. The fourth-order valence-corrected chi connectivity index (χ4v) is 1.72. The molecule has 6 nitrogen and oxygen atoms in total. The van der Waals surface area contributed by atoms with E-state index in [1.165, 1.54) is 0 Å². The summed E-state index contributed by atoms with van der Waals surface area (Å²) in [5.41, 5.74) is 2.03.